The van der Waals surface area contributed by atoms with Crippen molar-refractivity contribution >= 4 is 40.5 Å². The van der Waals surface area contributed by atoms with E-state index in [0.717, 1.165) is 42.6 Å². The maximum absolute atomic E-state index is 12.0. The highest BCUT2D eigenvalue weighted by molar-refractivity contribution is 7.80. The fourth-order valence-corrected chi connectivity index (χ4v) is 2.94. The van der Waals surface area contributed by atoms with Gasteiger partial charge >= 0.3 is 0 Å². The number of hydrogen-bond donors (Lipinski definition) is 3. The molecule has 142 valence electrons. The Hall–Kier alpha value is -1.95. The first-order chi connectivity index (χ1) is 12.5. The maximum Gasteiger partial charge on any atom is 0.227 e. The Labute approximate surface area is 161 Å². The summed E-state index contributed by atoms with van der Waals surface area (Å²) in [5, 5.41) is 9.04. The number of benzene rings is 1. The van der Waals surface area contributed by atoms with E-state index >= 15 is 0 Å². The summed E-state index contributed by atoms with van der Waals surface area (Å²) in [5.74, 6) is 0.169. The summed E-state index contributed by atoms with van der Waals surface area (Å²) in [4.78, 5) is 23.9. The molecule has 0 saturated heterocycles. The van der Waals surface area contributed by atoms with Crippen LogP contribution < -0.4 is 16.0 Å². The Balaban J connectivity index is 1.80. The standard InChI is InChI=1S/C20H29N3O2S/c1-3-4-5-6-7-11-18(24)23-20(26)22-17-10-8-9-16(14(17)2)21-19(25)15-12-13-15/h8-10,15H,3-7,11-13H2,1-2H3,(H,21,25)(H2,22,23,24,26). The number of hydrogen-bond acceptors (Lipinski definition) is 3. The average molecular weight is 376 g/mol. The number of rotatable bonds is 9. The zero-order valence-corrected chi connectivity index (χ0v) is 16.5. The third-order valence-corrected chi connectivity index (χ3v) is 4.75. The molecule has 1 aliphatic rings. The summed E-state index contributed by atoms with van der Waals surface area (Å²) in [7, 11) is 0. The molecule has 1 aromatic rings. The summed E-state index contributed by atoms with van der Waals surface area (Å²) in [6.45, 7) is 4.09. The molecule has 1 aromatic carbocycles. The van der Waals surface area contributed by atoms with Gasteiger partial charge in [0, 0.05) is 23.7 Å². The van der Waals surface area contributed by atoms with E-state index in [4.69, 9.17) is 12.2 Å². The van der Waals surface area contributed by atoms with Crippen molar-refractivity contribution in [2.24, 2.45) is 5.92 Å². The lowest BCUT2D eigenvalue weighted by atomic mass is 10.1. The quantitative estimate of drug-likeness (QED) is 0.438. The zero-order valence-electron chi connectivity index (χ0n) is 15.7. The van der Waals surface area contributed by atoms with E-state index in [-0.39, 0.29) is 22.8 Å². The number of carbonyl (C=O) groups is 2. The van der Waals surface area contributed by atoms with Crippen molar-refractivity contribution < 1.29 is 9.59 Å². The SMILES string of the molecule is CCCCCCCC(=O)NC(=S)Nc1cccc(NC(=O)C2CC2)c1C. The zero-order chi connectivity index (χ0) is 18.9. The Morgan fingerprint density at radius 1 is 1.08 bits per heavy atom. The molecule has 0 unspecified atom stereocenters. The van der Waals surface area contributed by atoms with Gasteiger partial charge in [0.2, 0.25) is 11.8 Å². The van der Waals surface area contributed by atoms with Crippen LogP contribution in [0.2, 0.25) is 0 Å². The fourth-order valence-electron chi connectivity index (χ4n) is 2.72. The number of nitrogens with one attached hydrogen (secondary N) is 3. The van der Waals surface area contributed by atoms with E-state index in [0.29, 0.717) is 6.42 Å². The third kappa shape index (κ3) is 6.75. The van der Waals surface area contributed by atoms with Gasteiger partial charge in [-0.1, -0.05) is 38.7 Å². The van der Waals surface area contributed by atoms with Gasteiger partial charge in [0.05, 0.1) is 0 Å². The van der Waals surface area contributed by atoms with Crippen molar-refractivity contribution in [1.82, 2.24) is 5.32 Å². The molecular weight excluding hydrogens is 346 g/mol. The molecule has 0 atom stereocenters. The van der Waals surface area contributed by atoms with Crippen molar-refractivity contribution in [3.05, 3.63) is 23.8 Å². The van der Waals surface area contributed by atoms with Crippen LogP contribution >= 0.6 is 12.2 Å². The molecule has 1 fully saturated rings. The highest BCUT2D eigenvalue weighted by Crippen LogP contribution is 2.31. The molecule has 3 N–H and O–H groups in total. The molecule has 2 rings (SSSR count). The molecule has 0 radical (unpaired) electrons. The summed E-state index contributed by atoms with van der Waals surface area (Å²) < 4.78 is 0. The summed E-state index contributed by atoms with van der Waals surface area (Å²) in [6, 6.07) is 5.61. The molecule has 6 heteroatoms. The van der Waals surface area contributed by atoms with Gasteiger partial charge in [-0.15, -0.1) is 0 Å². The lowest BCUT2D eigenvalue weighted by Crippen LogP contribution is -2.34. The molecule has 0 aliphatic heterocycles. The summed E-state index contributed by atoms with van der Waals surface area (Å²) in [6.07, 6.45) is 7.97. The Kier molecular flexibility index (Phi) is 8.04. The van der Waals surface area contributed by atoms with Crippen LogP contribution in [0.1, 0.15) is 63.9 Å². The smallest absolute Gasteiger partial charge is 0.227 e. The highest BCUT2D eigenvalue weighted by atomic mass is 32.1. The molecule has 0 heterocycles. The lowest BCUT2D eigenvalue weighted by molar-refractivity contribution is -0.120. The van der Waals surface area contributed by atoms with Crippen LogP contribution in [0.5, 0.6) is 0 Å². The predicted molar refractivity (Wildman–Crippen MR) is 110 cm³/mol. The van der Waals surface area contributed by atoms with E-state index in [2.05, 4.69) is 22.9 Å². The largest absolute Gasteiger partial charge is 0.332 e. The van der Waals surface area contributed by atoms with E-state index in [9.17, 15) is 9.59 Å². The van der Waals surface area contributed by atoms with Crippen LogP contribution in [0.25, 0.3) is 0 Å². The van der Waals surface area contributed by atoms with E-state index in [1.165, 1.54) is 19.3 Å². The van der Waals surface area contributed by atoms with Gasteiger partial charge in [0.25, 0.3) is 0 Å². The second-order valence-electron chi connectivity index (χ2n) is 6.91. The second-order valence-corrected chi connectivity index (χ2v) is 7.32. The van der Waals surface area contributed by atoms with Gasteiger partial charge < -0.3 is 16.0 Å². The minimum atomic E-state index is -0.0603. The van der Waals surface area contributed by atoms with Crippen LogP contribution in [0.3, 0.4) is 0 Å². The molecule has 0 aromatic heterocycles. The van der Waals surface area contributed by atoms with Crippen molar-refractivity contribution in [2.45, 2.75) is 65.2 Å². The van der Waals surface area contributed by atoms with Crippen molar-refractivity contribution in [3.63, 3.8) is 0 Å². The maximum atomic E-state index is 12.0. The molecule has 0 bridgehead atoms. The van der Waals surface area contributed by atoms with Crippen LogP contribution in [0.4, 0.5) is 11.4 Å². The monoisotopic (exact) mass is 375 g/mol. The molecule has 26 heavy (non-hydrogen) atoms. The van der Waals surface area contributed by atoms with Crippen molar-refractivity contribution in [1.29, 1.82) is 0 Å². The molecule has 1 saturated carbocycles. The Morgan fingerprint density at radius 3 is 2.38 bits per heavy atom. The summed E-state index contributed by atoms with van der Waals surface area (Å²) >= 11 is 5.24. The van der Waals surface area contributed by atoms with Gasteiger partial charge in [-0.3, -0.25) is 9.59 Å². The average Bonchev–Trinajstić information content (AvgIpc) is 3.43. The molecule has 0 spiro atoms. The number of unbranched alkanes of at least 4 members (excludes halogenated alkanes) is 4. The van der Waals surface area contributed by atoms with Gasteiger partial charge in [-0.25, -0.2) is 0 Å². The first kappa shape index (κ1) is 20.4. The number of amides is 2. The van der Waals surface area contributed by atoms with E-state index in [1.807, 2.05) is 25.1 Å². The summed E-state index contributed by atoms with van der Waals surface area (Å²) in [5.41, 5.74) is 2.46. The van der Waals surface area contributed by atoms with Gasteiger partial charge in [-0.05, 0) is 56.1 Å². The Bertz CT molecular complexity index is 656. The highest BCUT2D eigenvalue weighted by Gasteiger charge is 2.29. The normalized spacial score (nSPS) is 13.2. The number of thiocarbonyl (C=S) groups is 1. The van der Waals surface area contributed by atoms with Crippen LogP contribution in [-0.4, -0.2) is 16.9 Å². The molecule has 2 amide bonds. The number of carbonyl (C=O) groups excluding carboxylic acids is 2. The topological polar surface area (TPSA) is 70.2 Å². The lowest BCUT2D eigenvalue weighted by Gasteiger charge is -2.15. The van der Waals surface area contributed by atoms with Gasteiger partial charge in [0.15, 0.2) is 5.11 Å². The molecule has 5 nitrogen and oxygen atoms in total. The second kappa shape index (κ2) is 10.3. The van der Waals surface area contributed by atoms with E-state index < -0.39 is 0 Å². The first-order valence-corrected chi connectivity index (χ1v) is 9.93. The van der Waals surface area contributed by atoms with Crippen molar-refractivity contribution in [2.75, 3.05) is 10.6 Å². The van der Waals surface area contributed by atoms with E-state index in [1.54, 1.807) is 0 Å². The first-order valence-electron chi connectivity index (χ1n) is 9.52. The van der Waals surface area contributed by atoms with Gasteiger partial charge in [0.1, 0.15) is 0 Å². The predicted octanol–water partition coefficient (Wildman–Crippen LogP) is 4.52. The molecule has 1 aliphatic carbocycles. The van der Waals surface area contributed by atoms with Crippen molar-refractivity contribution in [3.8, 4) is 0 Å². The van der Waals surface area contributed by atoms with Crippen LogP contribution in [0.15, 0.2) is 18.2 Å². The number of anilines is 2. The van der Waals surface area contributed by atoms with Gasteiger partial charge in [-0.2, -0.15) is 0 Å². The Morgan fingerprint density at radius 2 is 1.73 bits per heavy atom. The van der Waals surface area contributed by atoms with Crippen LogP contribution in [0, 0.1) is 12.8 Å². The third-order valence-electron chi connectivity index (χ3n) is 4.55. The minimum absolute atomic E-state index is 0.0603. The molecular formula is C20H29N3O2S. The fraction of sp³-hybridized carbons (Fsp3) is 0.550. The van der Waals surface area contributed by atoms with Crippen LogP contribution in [-0.2, 0) is 9.59 Å². The minimum Gasteiger partial charge on any atom is -0.332 e.